The van der Waals surface area contributed by atoms with Crippen LogP contribution in [0.1, 0.15) is 37.6 Å². The van der Waals surface area contributed by atoms with Crippen LogP contribution >= 0.6 is 0 Å². The Morgan fingerprint density at radius 1 is 1.30 bits per heavy atom. The monoisotopic (exact) mass is 313 g/mol. The van der Waals surface area contributed by atoms with Gasteiger partial charge >= 0.3 is 0 Å². The third kappa shape index (κ3) is 3.25. The third-order valence-electron chi connectivity index (χ3n) is 4.75. The number of hydrogen-bond acceptors (Lipinski definition) is 4. The molecule has 6 nitrogen and oxygen atoms in total. The quantitative estimate of drug-likeness (QED) is 0.866. The number of aromatic nitrogens is 4. The van der Waals surface area contributed by atoms with Crippen molar-refractivity contribution < 1.29 is 4.79 Å². The van der Waals surface area contributed by atoms with E-state index < -0.39 is 0 Å². The molecule has 2 heterocycles. The molecule has 0 bridgehead atoms. The molecule has 0 spiro atoms. The van der Waals surface area contributed by atoms with Crippen molar-refractivity contribution in [3.63, 3.8) is 0 Å². The highest BCUT2D eigenvalue weighted by Crippen LogP contribution is 2.42. The van der Waals surface area contributed by atoms with Gasteiger partial charge in [0.15, 0.2) is 0 Å². The van der Waals surface area contributed by atoms with Crippen LogP contribution in [0.5, 0.6) is 0 Å². The number of nitrogens with zero attached hydrogens (tertiary/aromatic N) is 5. The van der Waals surface area contributed by atoms with E-state index >= 15 is 0 Å². The number of carbonyl (C=O) groups excluding carboxylic acids is 1. The molecule has 6 heteroatoms. The van der Waals surface area contributed by atoms with Gasteiger partial charge < -0.3 is 4.90 Å². The molecule has 1 atom stereocenters. The number of benzene rings is 1. The van der Waals surface area contributed by atoms with Crippen molar-refractivity contribution in [2.45, 2.75) is 39.7 Å². The first-order valence-corrected chi connectivity index (χ1v) is 8.03. The highest BCUT2D eigenvalue weighted by molar-refractivity contribution is 5.76. The summed E-state index contributed by atoms with van der Waals surface area (Å²) in [7, 11) is 0. The van der Waals surface area contributed by atoms with Gasteiger partial charge in [-0.15, -0.1) is 5.10 Å². The molecule has 1 aromatic carbocycles. The van der Waals surface area contributed by atoms with E-state index in [1.54, 1.807) is 4.68 Å². The van der Waals surface area contributed by atoms with Gasteiger partial charge in [-0.3, -0.25) is 4.79 Å². The smallest absolute Gasteiger partial charge is 0.224 e. The zero-order chi connectivity index (χ0) is 16.4. The van der Waals surface area contributed by atoms with Crippen LogP contribution < -0.4 is 0 Å². The normalized spacial score (nSPS) is 20.0. The molecular formula is C17H23N5O. The van der Waals surface area contributed by atoms with Crippen molar-refractivity contribution in [2.75, 3.05) is 13.1 Å². The Balaban J connectivity index is 1.65. The van der Waals surface area contributed by atoms with E-state index in [0.717, 1.165) is 18.9 Å². The van der Waals surface area contributed by atoms with Gasteiger partial charge in [-0.1, -0.05) is 44.2 Å². The SMILES string of the molecule is Cc1nnnn1CCC(=O)N1CC(c2ccccc2)C(C)(C)C1. The van der Waals surface area contributed by atoms with E-state index in [2.05, 4.69) is 53.6 Å². The average molecular weight is 313 g/mol. The minimum absolute atomic E-state index is 0.0851. The summed E-state index contributed by atoms with van der Waals surface area (Å²) >= 11 is 0. The van der Waals surface area contributed by atoms with E-state index in [9.17, 15) is 4.79 Å². The zero-order valence-corrected chi connectivity index (χ0v) is 13.9. The molecule has 3 rings (SSSR count). The van der Waals surface area contributed by atoms with E-state index in [1.807, 2.05) is 17.9 Å². The minimum Gasteiger partial charge on any atom is -0.341 e. The Labute approximate surface area is 136 Å². The second-order valence-corrected chi connectivity index (χ2v) is 6.93. The van der Waals surface area contributed by atoms with Gasteiger partial charge in [-0.25, -0.2) is 4.68 Å². The van der Waals surface area contributed by atoms with Gasteiger partial charge in [0.1, 0.15) is 5.82 Å². The summed E-state index contributed by atoms with van der Waals surface area (Å²) in [5, 5.41) is 11.3. The number of amides is 1. The Kier molecular flexibility index (Phi) is 4.15. The van der Waals surface area contributed by atoms with E-state index in [-0.39, 0.29) is 11.3 Å². The fourth-order valence-corrected chi connectivity index (χ4v) is 3.38. The summed E-state index contributed by atoms with van der Waals surface area (Å²) in [6.07, 6.45) is 0.434. The van der Waals surface area contributed by atoms with Crippen molar-refractivity contribution >= 4 is 5.91 Å². The van der Waals surface area contributed by atoms with Gasteiger partial charge in [0, 0.05) is 25.4 Å². The van der Waals surface area contributed by atoms with Crippen LogP contribution in [-0.4, -0.2) is 44.1 Å². The zero-order valence-electron chi connectivity index (χ0n) is 13.9. The summed E-state index contributed by atoms with van der Waals surface area (Å²) < 4.78 is 1.67. The van der Waals surface area contributed by atoms with Crippen LogP contribution in [0.15, 0.2) is 30.3 Å². The topological polar surface area (TPSA) is 63.9 Å². The van der Waals surface area contributed by atoms with Gasteiger partial charge in [0.25, 0.3) is 0 Å². The van der Waals surface area contributed by atoms with Crippen molar-refractivity contribution in [3.05, 3.63) is 41.7 Å². The summed E-state index contributed by atoms with van der Waals surface area (Å²) in [6, 6.07) is 10.5. The maximum Gasteiger partial charge on any atom is 0.224 e. The summed E-state index contributed by atoms with van der Waals surface area (Å²) in [5.74, 6) is 1.29. The summed E-state index contributed by atoms with van der Waals surface area (Å²) in [4.78, 5) is 14.5. The lowest BCUT2D eigenvalue weighted by Gasteiger charge is -2.25. The first kappa shape index (κ1) is 15.6. The van der Waals surface area contributed by atoms with Crippen LogP contribution in [-0.2, 0) is 11.3 Å². The van der Waals surface area contributed by atoms with Crippen LogP contribution in [0, 0.1) is 12.3 Å². The van der Waals surface area contributed by atoms with Crippen LogP contribution in [0.2, 0.25) is 0 Å². The van der Waals surface area contributed by atoms with E-state index in [0.29, 0.717) is 18.9 Å². The lowest BCUT2D eigenvalue weighted by atomic mass is 9.78. The number of tetrazole rings is 1. The van der Waals surface area contributed by atoms with E-state index in [1.165, 1.54) is 5.56 Å². The van der Waals surface area contributed by atoms with Crippen molar-refractivity contribution in [1.29, 1.82) is 0 Å². The summed E-state index contributed by atoms with van der Waals surface area (Å²) in [5.41, 5.74) is 1.39. The maximum absolute atomic E-state index is 12.6. The maximum atomic E-state index is 12.6. The molecule has 1 saturated heterocycles. The van der Waals surface area contributed by atoms with Gasteiger partial charge in [0.05, 0.1) is 6.54 Å². The molecule has 2 aromatic rings. The molecule has 1 amide bonds. The third-order valence-corrected chi connectivity index (χ3v) is 4.75. The van der Waals surface area contributed by atoms with Crippen LogP contribution in [0.3, 0.4) is 0 Å². The first-order chi connectivity index (χ1) is 11.0. The molecule has 0 aliphatic carbocycles. The minimum atomic E-state index is 0.0851. The largest absolute Gasteiger partial charge is 0.341 e. The molecule has 0 radical (unpaired) electrons. The second kappa shape index (κ2) is 6.10. The molecule has 0 saturated carbocycles. The van der Waals surface area contributed by atoms with Crippen molar-refractivity contribution in [3.8, 4) is 0 Å². The Hall–Kier alpha value is -2.24. The molecule has 1 aliphatic heterocycles. The summed E-state index contributed by atoms with van der Waals surface area (Å²) in [6.45, 7) is 8.43. The number of aryl methyl sites for hydroxylation is 2. The van der Waals surface area contributed by atoms with Gasteiger partial charge in [0.2, 0.25) is 5.91 Å². The lowest BCUT2D eigenvalue weighted by molar-refractivity contribution is -0.130. The molecule has 1 aliphatic rings. The number of rotatable bonds is 4. The molecule has 1 aromatic heterocycles. The first-order valence-electron chi connectivity index (χ1n) is 8.03. The second-order valence-electron chi connectivity index (χ2n) is 6.93. The number of carbonyl (C=O) groups is 1. The fourth-order valence-electron chi connectivity index (χ4n) is 3.38. The van der Waals surface area contributed by atoms with Gasteiger partial charge in [-0.2, -0.15) is 0 Å². The lowest BCUT2D eigenvalue weighted by Crippen LogP contribution is -2.31. The average Bonchev–Trinajstić information content (AvgIpc) is 3.08. The number of likely N-dealkylation sites (tertiary alicyclic amines) is 1. The molecular weight excluding hydrogens is 290 g/mol. The predicted octanol–water partition coefficient (Wildman–Crippen LogP) is 2.02. The highest BCUT2D eigenvalue weighted by Gasteiger charge is 2.41. The predicted molar refractivity (Wildman–Crippen MR) is 86.7 cm³/mol. The van der Waals surface area contributed by atoms with Gasteiger partial charge in [-0.05, 0) is 28.3 Å². The Bertz CT molecular complexity index is 679. The van der Waals surface area contributed by atoms with Crippen molar-refractivity contribution in [2.24, 2.45) is 5.41 Å². The Morgan fingerprint density at radius 3 is 2.70 bits per heavy atom. The fraction of sp³-hybridized carbons (Fsp3) is 0.529. The highest BCUT2D eigenvalue weighted by atomic mass is 16.2. The van der Waals surface area contributed by atoms with Crippen LogP contribution in [0.4, 0.5) is 0 Å². The van der Waals surface area contributed by atoms with E-state index in [4.69, 9.17) is 0 Å². The Morgan fingerprint density at radius 2 is 2.04 bits per heavy atom. The van der Waals surface area contributed by atoms with Crippen molar-refractivity contribution in [1.82, 2.24) is 25.1 Å². The number of hydrogen-bond donors (Lipinski definition) is 0. The molecule has 23 heavy (non-hydrogen) atoms. The molecule has 0 N–H and O–H groups in total. The molecule has 1 fully saturated rings. The van der Waals surface area contributed by atoms with Crippen LogP contribution in [0.25, 0.3) is 0 Å². The standard InChI is InChI=1S/C17H23N5O/c1-13-18-19-20-22(13)10-9-16(23)21-11-15(17(2,3)12-21)14-7-5-4-6-8-14/h4-8,15H,9-12H2,1-3H3. The molecule has 122 valence electrons. The molecule has 1 unspecified atom stereocenters.